The summed E-state index contributed by atoms with van der Waals surface area (Å²) in [5, 5.41) is 10.5. The molecule has 0 unspecified atom stereocenters. The molecule has 0 radical (unpaired) electrons. The van der Waals surface area contributed by atoms with Crippen LogP contribution >= 0.6 is 11.6 Å². The Morgan fingerprint density at radius 3 is 2.16 bits per heavy atom. The Bertz CT molecular complexity index is 1280. The molecule has 0 aliphatic heterocycles. The predicted octanol–water partition coefficient (Wildman–Crippen LogP) is 4.12. The summed E-state index contributed by atoms with van der Waals surface area (Å²) in [5.74, 6) is -1.79. The summed E-state index contributed by atoms with van der Waals surface area (Å²) in [4.78, 5) is 22.2. The van der Waals surface area contributed by atoms with Crippen LogP contribution in [-0.4, -0.2) is 34.7 Å². The number of fused-ring (bicyclic) bond motifs is 1. The van der Waals surface area contributed by atoms with Gasteiger partial charge in [0.2, 0.25) is 0 Å². The highest BCUT2D eigenvalue weighted by Crippen LogP contribution is 2.28. The molecule has 7 nitrogen and oxygen atoms in total. The zero-order chi connectivity index (χ0) is 24.4. The number of carbonyl (C=O) groups is 2. The van der Waals surface area contributed by atoms with Crippen LogP contribution in [0, 0.1) is 6.92 Å². The number of nitrogens with two attached hydrogens (primary N) is 1. The molecule has 1 aromatic heterocycles. The summed E-state index contributed by atoms with van der Waals surface area (Å²) in [6.45, 7) is 6.31. The maximum atomic E-state index is 12.1. The van der Waals surface area contributed by atoms with Gasteiger partial charge in [-0.25, -0.2) is 8.42 Å². The number of rotatable bonds is 5. The summed E-state index contributed by atoms with van der Waals surface area (Å²) in [6, 6.07) is 11.9. The lowest BCUT2D eigenvalue weighted by molar-refractivity contribution is -0.139. The number of aryl methyl sites for hydroxylation is 3. The van der Waals surface area contributed by atoms with Gasteiger partial charge in [-0.15, -0.1) is 0 Å². The van der Waals surface area contributed by atoms with E-state index in [1.165, 1.54) is 26.0 Å². The molecule has 0 atom stereocenters. The van der Waals surface area contributed by atoms with Gasteiger partial charge in [-0.2, -0.15) is 0 Å². The van der Waals surface area contributed by atoms with Crippen molar-refractivity contribution < 1.29 is 23.1 Å². The van der Waals surface area contributed by atoms with E-state index in [9.17, 15) is 18.0 Å². The molecule has 3 aromatic rings. The molecule has 0 saturated heterocycles. The Balaban J connectivity index is 0.000000228. The number of carboxylic acids is 1. The van der Waals surface area contributed by atoms with Crippen molar-refractivity contribution in [2.24, 2.45) is 12.8 Å². The van der Waals surface area contributed by atoms with Crippen LogP contribution in [0.25, 0.3) is 10.9 Å². The van der Waals surface area contributed by atoms with Crippen LogP contribution in [0.5, 0.6) is 0 Å². The lowest BCUT2D eigenvalue weighted by atomic mass is 10.2. The van der Waals surface area contributed by atoms with E-state index in [0.29, 0.717) is 10.7 Å². The zero-order valence-electron chi connectivity index (χ0n) is 18.6. The number of carboxylic acid groups (broad SMARTS) is 1. The Kier molecular flexibility index (Phi) is 7.42. The molecule has 0 fully saturated rings. The van der Waals surface area contributed by atoms with Gasteiger partial charge in [0.1, 0.15) is 5.69 Å². The van der Waals surface area contributed by atoms with Crippen molar-refractivity contribution in [3.63, 3.8) is 0 Å². The third-order valence-electron chi connectivity index (χ3n) is 5.34. The van der Waals surface area contributed by atoms with Crippen LogP contribution in [0.1, 0.15) is 42.4 Å². The maximum absolute atomic E-state index is 12.1. The standard InChI is InChI=1S/C12H16O4S.C11H11ClN2O/c1-4-9-5-7-10(8-6-9)17(15,16)12(2,3)11(13)14;1-6-3-8(12)7-5-10(11(13)15)14(2)9(7)4-6/h5-8H,4H2,1-3H3,(H,13,14);3-5H,1-2H3,(H2,13,15). The Labute approximate surface area is 192 Å². The minimum atomic E-state index is -3.86. The lowest BCUT2D eigenvalue weighted by Gasteiger charge is -2.19. The first kappa shape index (κ1) is 25.4. The van der Waals surface area contributed by atoms with E-state index in [2.05, 4.69) is 0 Å². The molecule has 2 aromatic carbocycles. The molecule has 0 aliphatic carbocycles. The molecule has 1 amide bonds. The van der Waals surface area contributed by atoms with Crippen molar-refractivity contribution >= 4 is 44.2 Å². The number of aromatic nitrogens is 1. The van der Waals surface area contributed by atoms with Gasteiger partial charge in [0.05, 0.1) is 15.4 Å². The van der Waals surface area contributed by atoms with E-state index < -0.39 is 26.5 Å². The fraction of sp³-hybridized carbons (Fsp3) is 0.304. The van der Waals surface area contributed by atoms with Gasteiger partial charge in [0.25, 0.3) is 5.91 Å². The molecule has 3 N–H and O–H groups in total. The smallest absolute Gasteiger partial charge is 0.324 e. The minimum Gasteiger partial charge on any atom is -0.480 e. The number of hydrogen-bond donors (Lipinski definition) is 2. The van der Waals surface area contributed by atoms with E-state index in [1.807, 2.05) is 26.0 Å². The second-order valence-corrected chi connectivity index (χ2v) is 10.9. The number of sulfone groups is 1. The summed E-state index contributed by atoms with van der Waals surface area (Å²) < 4.78 is 24.2. The van der Waals surface area contributed by atoms with Crippen LogP contribution in [0.4, 0.5) is 0 Å². The van der Waals surface area contributed by atoms with E-state index in [1.54, 1.807) is 29.8 Å². The number of hydrogen-bond acceptors (Lipinski definition) is 4. The van der Waals surface area contributed by atoms with Crippen LogP contribution in [0.2, 0.25) is 5.02 Å². The molecule has 1 heterocycles. The van der Waals surface area contributed by atoms with Crippen molar-refractivity contribution in [2.45, 2.75) is 43.8 Å². The summed E-state index contributed by atoms with van der Waals surface area (Å²) in [7, 11) is -2.06. The Morgan fingerprint density at radius 1 is 1.12 bits per heavy atom. The quantitative estimate of drug-likeness (QED) is 0.571. The fourth-order valence-electron chi connectivity index (χ4n) is 3.07. The highest BCUT2D eigenvalue weighted by atomic mass is 35.5. The van der Waals surface area contributed by atoms with Crippen molar-refractivity contribution in [3.8, 4) is 0 Å². The van der Waals surface area contributed by atoms with Crippen molar-refractivity contribution in [1.82, 2.24) is 4.57 Å². The minimum absolute atomic E-state index is 0.0436. The second kappa shape index (κ2) is 9.34. The molecule has 0 saturated carbocycles. The molecular weight excluding hydrogens is 452 g/mol. The normalized spacial score (nSPS) is 11.7. The van der Waals surface area contributed by atoms with Crippen molar-refractivity contribution in [2.75, 3.05) is 0 Å². The molecule has 9 heteroatoms. The van der Waals surface area contributed by atoms with Crippen LogP contribution < -0.4 is 5.73 Å². The van der Waals surface area contributed by atoms with Gasteiger partial charge in [0.15, 0.2) is 14.6 Å². The first-order chi connectivity index (χ1) is 14.7. The number of carbonyl (C=O) groups excluding carboxylic acids is 1. The highest BCUT2D eigenvalue weighted by molar-refractivity contribution is 7.93. The second-order valence-electron chi connectivity index (χ2n) is 7.95. The van der Waals surface area contributed by atoms with Gasteiger partial charge >= 0.3 is 5.97 Å². The number of nitrogens with zero attached hydrogens (tertiary/aromatic N) is 1. The number of aliphatic carboxylic acids is 1. The summed E-state index contributed by atoms with van der Waals surface area (Å²) >= 11 is 6.09. The number of benzene rings is 2. The third-order valence-corrected chi connectivity index (χ3v) is 8.06. The third kappa shape index (κ3) is 4.81. The highest BCUT2D eigenvalue weighted by Gasteiger charge is 2.42. The molecule has 0 bridgehead atoms. The van der Waals surface area contributed by atoms with Crippen molar-refractivity contribution in [3.05, 3.63) is 64.3 Å². The van der Waals surface area contributed by atoms with Gasteiger partial charge < -0.3 is 15.4 Å². The molecule has 172 valence electrons. The van der Waals surface area contributed by atoms with E-state index in [0.717, 1.165) is 28.5 Å². The average Bonchev–Trinajstić information content (AvgIpc) is 3.05. The SMILES string of the molecule is CCc1ccc(S(=O)(=O)C(C)(C)C(=O)O)cc1.Cc1cc(Cl)c2cc(C(N)=O)n(C)c2c1. The van der Waals surface area contributed by atoms with Gasteiger partial charge in [0, 0.05) is 12.4 Å². The summed E-state index contributed by atoms with van der Waals surface area (Å²) in [6.07, 6.45) is 0.808. The Hall–Kier alpha value is -2.84. The van der Waals surface area contributed by atoms with Gasteiger partial charge in [-0.1, -0.05) is 30.7 Å². The monoisotopic (exact) mass is 478 g/mol. The Morgan fingerprint density at radius 2 is 1.69 bits per heavy atom. The van der Waals surface area contributed by atoms with Crippen LogP contribution in [-0.2, 0) is 28.1 Å². The number of halogens is 1. The largest absolute Gasteiger partial charge is 0.480 e. The van der Waals surface area contributed by atoms with E-state index in [-0.39, 0.29) is 4.90 Å². The van der Waals surface area contributed by atoms with E-state index >= 15 is 0 Å². The molecule has 0 spiro atoms. The maximum Gasteiger partial charge on any atom is 0.324 e. The molecule has 3 rings (SSSR count). The number of primary amides is 1. The lowest BCUT2D eigenvalue weighted by Crippen LogP contribution is -2.40. The molecule has 0 aliphatic rings. The predicted molar refractivity (Wildman–Crippen MR) is 126 cm³/mol. The van der Waals surface area contributed by atoms with Crippen LogP contribution in [0.3, 0.4) is 0 Å². The van der Waals surface area contributed by atoms with Gasteiger partial charge in [-0.05, 0) is 68.7 Å². The number of amides is 1. The molecule has 32 heavy (non-hydrogen) atoms. The topological polar surface area (TPSA) is 119 Å². The molecular formula is C23H27ClN2O5S. The summed E-state index contributed by atoms with van der Waals surface area (Å²) in [5.41, 5.74) is 8.73. The van der Waals surface area contributed by atoms with Gasteiger partial charge in [-0.3, -0.25) is 9.59 Å². The van der Waals surface area contributed by atoms with E-state index in [4.69, 9.17) is 22.4 Å². The zero-order valence-corrected chi connectivity index (χ0v) is 20.2. The first-order valence-electron chi connectivity index (χ1n) is 9.86. The van der Waals surface area contributed by atoms with Crippen LogP contribution in [0.15, 0.2) is 47.4 Å². The van der Waals surface area contributed by atoms with Crippen molar-refractivity contribution in [1.29, 1.82) is 0 Å². The first-order valence-corrected chi connectivity index (χ1v) is 11.7. The fourth-order valence-corrected chi connectivity index (χ4v) is 4.71. The average molecular weight is 479 g/mol.